The van der Waals surface area contributed by atoms with Crippen LogP contribution in [0.2, 0.25) is 0 Å². The van der Waals surface area contributed by atoms with Gasteiger partial charge in [-0.2, -0.15) is 0 Å². The molecule has 1 aromatic rings. The highest BCUT2D eigenvalue weighted by Gasteiger charge is 2.26. The van der Waals surface area contributed by atoms with Gasteiger partial charge in [0.1, 0.15) is 0 Å². The minimum absolute atomic E-state index is 0.107. The zero-order valence-corrected chi connectivity index (χ0v) is 11.9. The Kier molecular flexibility index (Phi) is 4.82. The Morgan fingerprint density at radius 1 is 1.40 bits per heavy atom. The average Bonchev–Trinajstić information content (AvgIpc) is 2.95. The van der Waals surface area contributed by atoms with Gasteiger partial charge in [0.15, 0.2) is 6.10 Å². The van der Waals surface area contributed by atoms with Gasteiger partial charge in [0.25, 0.3) is 5.91 Å². The maximum absolute atomic E-state index is 12.0. The highest BCUT2D eigenvalue weighted by Crippen LogP contribution is 2.23. The summed E-state index contributed by atoms with van der Waals surface area (Å²) >= 11 is 0. The van der Waals surface area contributed by atoms with Crippen molar-refractivity contribution in [2.45, 2.75) is 51.7 Å². The molecule has 0 unspecified atom stereocenters. The largest absolute Gasteiger partial charge is 0.457 e. The van der Waals surface area contributed by atoms with Crippen LogP contribution in [-0.2, 0) is 9.53 Å². The lowest BCUT2D eigenvalue weighted by molar-refractivity contribution is -0.130. The van der Waals surface area contributed by atoms with Crippen molar-refractivity contribution in [3.8, 4) is 0 Å². The first-order valence-corrected chi connectivity index (χ1v) is 7.13. The summed E-state index contributed by atoms with van der Waals surface area (Å²) < 4.78 is 10.0. The fourth-order valence-corrected chi connectivity index (χ4v) is 2.50. The molecule has 1 aliphatic carbocycles. The third-order valence-electron chi connectivity index (χ3n) is 3.81. The fourth-order valence-electron chi connectivity index (χ4n) is 2.50. The molecule has 1 fully saturated rings. The predicted octanol–water partition coefficient (Wildman–Crippen LogP) is 2.52. The molecule has 2 rings (SSSR count). The van der Waals surface area contributed by atoms with Gasteiger partial charge < -0.3 is 14.5 Å². The molecule has 110 valence electrons. The number of rotatable bonds is 4. The van der Waals surface area contributed by atoms with E-state index in [0.717, 1.165) is 19.3 Å². The van der Waals surface area contributed by atoms with Crippen molar-refractivity contribution < 1.29 is 18.7 Å². The maximum atomic E-state index is 12.0. The number of nitrogens with one attached hydrogen (secondary N) is 1. The van der Waals surface area contributed by atoms with Crippen molar-refractivity contribution in [3.63, 3.8) is 0 Å². The SMILES string of the molecule is C[C@@H](OC(=O)c1ccco1)C(=O)N[C@H]1CCCC[C@@H]1C. The normalized spacial score (nSPS) is 23.9. The zero-order chi connectivity index (χ0) is 14.5. The van der Waals surface area contributed by atoms with Gasteiger partial charge in [0.2, 0.25) is 5.76 Å². The number of carbonyl (C=O) groups is 2. The Balaban J connectivity index is 1.84. The first-order chi connectivity index (χ1) is 9.58. The van der Waals surface area contributed by atoms with E-state index in [9.17, 15) is 9.59 Å². The van der Waals surface area contributed by atoms with E-state index >= 15 is 0 Å². The lowest BCUT2D eigenvalue weighted by Crippen LogP contribution is -2.45. The van der Waals surface area contributed by atoms with Gasteiger partial charge in [-0.15, -0.1) is 0 Å². The lowest BCUT2D eigenvalue weighted by atomic mass is 9.86. The van der Waals surface area contributed by atoms with E-state index in [2.05, 4.69) is 12.2 Å². The molecule has 1 N–H and O–H groups in total. The quantitative estimate of drug-likeness (QED) is 0.860. The lowest BCUT2D eigenvalue weighted by Gasteiger charge is -2.30. The number of hydrogen-bond donors (Lipinski definition) is 1. The Labute approximate surface area is 118 Å². The Morgan fingerprint density at radius 2 is 2.15 bits per heavy atom. The Bertz CT molecular complexity index is 454. The molecule has 1 heterocycles. The Morgan fingerprint density at radius 3 is 2.80 bits per heavy atom. The summed E-state index contributed by atoms with van der Waals surface area (Å²) in [5.41, 5.74) is 0. The topological polar surface area (TPSA) is 68.5 Å². The molecule has 0 aliphatic heterocycles. The van der Waals surface area contributed by atoms with Crippen molar-refractivity contribution in [2.24, 2.45) is 5.92 Å². The number of amides is 1. The van der Waals surface area contributed by atoms with E-state index in [4.69, 9.17) is 9.15 Å². The third kappa shape index (κ3) is 3.62. The molecule has 5 nitrogen and oxygen atoms in total. The number of carbonyl (C=O) groups excluding carboxylic acids is 2. The molecule has 5 heteroatoms. The molecule has 1 amide bonds. The molecule has 0 aromatic carbocycles. The molecular formula is C15H21NO4. The first-order valence-electron chi connectivity index (χ1n) is 7.13. The third-order valence-corrected chi connectivity index (χ3v) is 3.81. The van der Waals surface area contributed by atoms with Crippen LogP contribution in [0.15, 0.2) is 22.8 Å². The summed E-state index contributed by atoms with van der Waals surface area (Å²) in [7, 11) is 0. The van der Waals surface area contributed by atoms with E-state index in [1.54, 1.807) is 13.0 Å². The highest BCUT2D eigenvalue weighted by molar-refractivity contribution is 5.90. The molecule has 0 radical (unpaired) electrons. The molecule has 0 spiro atoms. The van der Waals surface area contributed by atoms with Gasteiger partial charge in [-0.25, -0.2) is 4.79 Å². The van der Waals surface area contributed by atoms with Crippen LogP contribution in [0.4, 0.5) is 0 Å². The first kappa shape index (κ1) is 14.6. The molecule has 0 saturated heterocycles. The molecule has 1 aromatic heterocycles. The van der Waals surface area contributed by atoms with Gasteiger partial charge in [0.05, 0.1) is 6.26 Å². The van der Waals surface area contributed by atoms with Crippen LogP contribution in [-0.4, -0.2) is 24.0 Å². The van der Waals surface area contributed by atoms with Gasteiger partial charge in [0, 0.05) is 6.04 Å². The van der Waals surface area contributed by atoms with E-state index in [1.165, 1.54) is 18.8 Å². The standard InChI is InChI=1S/C15H21NO4/c1-10-6-3-4-7-12(10)16-14(17)11(2)20-15(18)13-8-5-9-19-13/h5,8-12H,3-4,6-7H2,1-2H3,(H,16,17)/t10-,11+,12-/m0/s1. The van der Waals surface area contributed by atoms with Crippen LogP contribution in [0.3, 0.4) is 0 Å². The molecule has 0 bridgehead atoms. The van der Waals surface area contributed by atoms with Crippen LogP contribution in [0.1, 0.15) is 50.1 Å². The van der Waals surface area contributed by atoms with Crippen LogP contribution in [0.5, 0.6) is 0 Å². The number of hydrogen-bond acceptors (Lipinski definition) is 4. The summed E-state index contributed by atoms with van der Waals surface area (Å²) in [6, 6.07) is 3.29. The average molecular weight is 279 g/mol. The fraction of sp³-hybridized carbons (Fsp3) is 0.600. The van der Waals surface area contributed by atoms with Crippen LogP contribution >= 0.6 is 0 Å². The molecule has 20 heavy (non-hydrogen) atoms. The molecule has 1 aliphatic rings. The van der Waals surface area contributed by atoms with Crippen molar-refractivity contribution in [2.75, 3.05) is 0 Å². The van der Waals surface area contributed by atoms with Crippen molar-refractivity contribution >= 4 is 11.9 Å². The van der Waals surface area contributed by atoms with E-state index in [0.29, 0.717) is 5.92 Å². The van der Waals surface area contributed by atoms with Crippen molar-refractivity contribution in [3.05, 3.63) is 24.2 Å². The molecular weight excluding hydrogens is 258 g/mol. The van der Waals surface area contributed by atoms with Crippen molar-refractivity contribution in [1.82, 2.24) is 5.32 Å². The van der Waals surface area contributed by atoms with Gasteiger partial charge in [-0.05, 0) is 37.8 Å². The van der Waals surface area contributed by atoms with Gasteiger partial charge in [-0.3, -0.25) is 4.79 Å². The summed E-state index contributed by atoms with van der Waals surface area (Å²) in [4.78, 5) is 23.7. The second-order valence-corrected chi connectivity index (χ2v) is 5.40. The van der Waals surface area contributed by atoms with Crippen molar-refractivity contribution in [1.29, 1.82) is 0 Å². The molecule has 1 saturated carbocycles. The minimum atomic E-state index is -0.818. The second kappa shape index (κ2) is 6.59. The summed E-state index contributed by atoms with van der Waals surface area (Å²) in [5, 5.41) is 2.97. The smallest absolute Gasteiger partial charge is 0.374 e. The van der Waals surface area contributed by atoms with Crippen LogP contribution < -0.4 is 5.32 Å². The maximum Gasteiger partial charge on any atom is 0.374 e. The highest BCUT2D eigenvalue weighted by atomic mass is 16.6. The van der Waals surface area contributed by atoms with Gasteiger partial charge in [-0.1, -0.05) is 19.8 Å². The van der Waals surface area contributed by atoms with E-state index in [-0.39, 0.29) is 17.7 Å². The number of esters is 1. The zero-order valence-electron chi connectivity index (χ0n) is 11.9. The van der Waals surface area contributed by atoms with E-state index < -0.39 is 12.1 Å². The number of ether oxygens (including phenoxy) is 1. The van der Waals surface area contributed by atoms with E-state index in [1.807, 2.05) is 0 Å². The predicted molar refractivity (Wildman–Crippen MR) is 73.1 cm³/mol. The molecule has 3 atom stereocenters. The van der Waals surface area contributed by atoms with Crippen LogP contribution in [0, 0.1) is 5.92 Å². The number of furan rings is 1. The second-order valence-electron chi connectivity index (χ2n) is 5.40. The minimum Gasteiger partial charge on any atom is -0.457 e. The summed E-state index contributed by atoms with van der Waals surface area (Å²) in [6.07, 6.45) is 5.05. The monoisotopic (exact) mass is 279 g/mol. The van der Waals surface area contributed by atoms with Crippen LogP contribution in [0.25, 0.3) is 0 Å². The summed E-state index contributed by atoms with van der Waals surface area (Å²) in [6.45, 7) is 3.72. The van der Waals surface area contributed by atoms with Gasteiger partial charge >= 0.3 is 5.97 Å². The summed E-state index contributed by atoms with van der Waals surface area (Å²) in [5.74, 6) is -0.283. The Hall–Kier alpha value is -1.78.